The van der Waals surface area contributed by atoms with Crippen LogP contribution in [0.3, 0.4) is 0 Å². The van der Waals surface area contributed by atoms with Crippen LogP contribution in [0.1, 0.15) is 22.6 Å². The van der Waals surface area contributed by atoms with E-state index in [0.717, 1.165) is 15.4 Å². The van der Waals surface area contributed by atoms with Crippen molar-refractivity contribution in [2.75, 3.05) is 7.11 Å². The van der Waals surface area contributed by atoms with Crippen molar-refractivity contribution in [1.29, 1.82) is 0 Å². The second kappa shape index (κ2) is 6.39. The van der Waals surface area contributed by atoms with Gasteiger partial charge in [0.1, 0.15) is 11.5 Å². The fraction of sp³-hybridized carbons (Fsp3) is 0.294. The predicted molar refractivity (Wildman–Crippen MR) is 85.5 cm³/mol. The van der Waals surface area contributed by atoms with Gasteiger partial charge >= 0.3 is 17.8 Å². The molecule has 1 saturated heterocycles. The second-order valence-corrected chi connectivity index (χ2v) is 5.72. The van der Waals surface area contributed by atoms with Crippen molar-refractivity contribution in [1.82, 2.24) is 15.0 Å². The number of carbonyl (C=O) groups is 3. The summed E-state index contributed by atoms with van der Waals surface area (Å²) in [5.74, 6) is -0.510. The zero-order chi connectivity index (χ0) is 18.1. The normalized spacial score (nSPS) is 14.6. The standard InChI is InChI=1S/C17H17N3O5/c1-10-14(11(2)25-18-10)9-20-16(22)15(21)19(17(20)23)8-12-4-6-13(24-3)7-5-12/h4-7H,8-9H2,1-3H3. The first kappa shape index (κ1) is 16.7. The van der Waals surface area contributed by atoms with E-state index in [-0.39, 0.29) is 13.1 Å². The van der Waals surface area contributed by atoms with E-state index in [0.29, 0.717) is 22.8 Å². The Morgan fingerprint density at radius 2 is 1.60 bits per heavy atom. The Labute approximate surface area is 143 Å². The number of carbonyl (C=O) groups excluding carboxylic acids is 3. The molecule has 25 heavy (non-hydrogen) atoms. The Kier molecular flexibility index (Phi) is 4.26. The number of ether oxygens (including phenoxy) is 1. The highest BCUT2D eigenvalue weighted by atomic mass is 16.5. The zero-order valence-corrected chi connectivity index (χ0v) is 14.1. The molecule has 1 fully saturated rings. The minimum atomic E-state index is -0.849. The van der Waals surface area contributed by atoms with Gasteiger partial charge in [-0.2, -0.15) is 0 Å². The summed E-state index contributed by atoms with van der Waals surface area (Å²) in [5.41, 5.74) is 1.93. The molecule has 0 atom stereocenters. The first-order valence-electron chi connectivity index (χ1n) is 7.64. The summed E-state index contributed by atoms with van der Waals surface area (Å²) < 4.78 is 10.1. The molecule has 4 amide bonds. The van der Waals surface area contributed by atoms with Crippen molar-refractivity contribution in [2.24, 2.45) is 0 Å². The first-order valence-corrected chi connectivity index (χ1v) is 7.64. The molecule has 1 aromatic carbocycles. The van der Waals surface area contributed by atoms with Gasteiger partial charge in [-0.05, 0) is 31.5 Å². The quantitative estimate of drug-likeness (QED) is 0.607. The van der Waals surface area contributed by atoms with E-state index in [1.807, 2.05) is 0 Å². The number of urea groups is 1. The molecule has 3 rings (SSSR count). The summed E-state index contributed by atoms with van der Waals surface area (Å²) >= 11 is 0. The zero-order valence-electron chi connectivity index (χ0n) is 14.1. The van der Waals surface area contributed by atoms with Gasteiger partial charge in [0.15, 0.2) is 0 Å². The maximum Gasteiger partial charge on any atom is 0.334 e. The molecule has 2 aromatic rings. The van der Waals surface area contributed by atoms with Gasteiger partial charge in [0.2, 0.25) is 0 Å². The summed E-state index contributed by atoms with van der Waals surface area (Å²) in [4.78, 5) is 38.8. The first-order chi connectivity index (χ1) is 11.9. The molecule has 0 N–H and O–H groups in total. The molecular weight excluding hydrogens is 326 g/mol. The number of hydrogen-bond donors (Lipinski definition) is 0. The van der Waals surface area contributed by atoms with Crippen LogP contribution in [0.25, 0.3) is 0 Å². The highest BCUT2D eigenvalue weighted by Crippen LogP contribution is 2.22. The average Bonchev–Trinajstić information content (AvgIpc) is 3.03. The molecule has 1 aliphatic rings. The van der Waals surface area contributed by atoms with E-state index >= 15 is 0 Å². The summed E-state index contributed by atoms with van der Waals surface area (Å²) in [6.45, 7) is 3.39. The lowest BCUT2D eigenvalue weighted by molar-refractivity contribution is -0.143. The summed E-state index contributed by atoms with van der Waals surface area (Å²) in [7, 11) is 1.55. The number of benzene rings is 1. The molecule has 0 radical (unpaired) electrons. The largest absolute Gasteiger partial charge is 0.497 e. The molecule has 0 spiro atoms. The van der Waals surface area contributed by atoms with Gasteiger partial charge in [-0.3, -0.25) is 19.4 Å². The maximum absolute atomic E-state index is 12.5. The van der Waals surface area contributed by atoms with Gasteiger partial charge in [0.05, 0.1) is 25.9 Å². The average molecular weight is 343 g/mol. The van der Waals surface area contributed by atoms with Gasteiger partial charge in [-0.25, -0.2) is 4.79 Å². The molecule has 130 valence electrons. The van der Waals surface area contributed by atoms with Crippen LogP contribution in [0.2, 0.25) is 0 Å². The van der Waals surface area contributed by atoms with Crippen LogP contribution in [0.4, 0.5) is 4.79 Å². The molecule has 0 aliphatic carbocycles. The minimum Gasteiger partial charge on any atom is -0.497 e. The van der Waals surface area contributed by atoms with E-state index in [1.165, 1.54) is 0 Å². The summed E-state index contributed by atoms with van der Waals surface area (Å²) in [6.07, 6.45) is 0. The fourth-order valence-electron chi connectivity index (χ4n) is 2.63. The van der Waals surface area contributed by atoms with E-state index in [2.05, 4.69) is 5.16 Å². The number of amides is 4. The highest BCUT2D eigenvalue weighted by Gasteiger charge is 2.44. The van der Waals surface area contributed by atoms with Gasteiger partial charge in [-0.1, -0.05) is 17.3 Å². The van der Waals surface area contributed by atoms with Crippen molar-refractivity contribution in [3.05, 3.63) is 46.8 Å². The number of aryl methyl sites for hydroxylation is 2. The van der Waals surface area contributed by atoms with Crippen molar-refractivity contribution < 1.29 is 23.6 Å². The summed E-state index contributed by atoms with van der Waals surface area (Å²) in [5, 5.41) is 3.80. The van der Waals surface area contributed by atoms with Gasteiger partial charge < -0.3 is 9.26 Å². The number of aromatic nitrogens is 1. The van der Waals surface area contributed by atoms with Crippen LogP contribution in [-0.2, 0) is 22.7 Å². The molecule has 2 heterocycles. The third kappa shape index (κ3) is 2.98. The van der Waals surface area contributed by atoms with Gasteiger partial charge in [0.25, 0.3) is 0 Å². The smallest absolute Gasteiger partial charge is 0.334 e. The van der Waals surface area contributed by atoms with E-state index in [9.17, 15) is 14.4 Å². The number of hydrogen-bond acceptors (Lipinski definition) is 6. The summed E-state index contributed by atoms with van der Waals surface area (Å²) in [6, 6.07) is 6.28. The predicted octanol–water partition coefficient (Wildman–Crippen LogP) is 1.79. The van der Waals surface area contributed by atoms with Gasteiger partial charge in [-0.15, -0.1) is 0 Å². The van der Waals surface area contributed by atoms with Crippen molar-refractivity contribution in [3.63, 3.8) is 0 Å². The molecular formula is C17H17N3O5. The third-order valence-corrected chi connectivity index (χ3v) is 4.13. The molecule has 8 nitrogen and oxygen atoms in total. The van der Waals surface area contributed by atoms with Crippen molar-refractivity contribution >= 4 is 17.8 Å². The van der Waals surface area contributed by atoms with E-state index in [1.54, 1.807) is 45.2 Å². The van der Waals surface area contributed by atoms with Crippen LogP contribution in [0.15, 0.2) is 28.8 Å². The second-order valence-electron chi connectivity index (χ2n) is 5.72. The highest BCUT2D eigenvalue weighted by molar-refractivity contribution is 6.44. The van der Waals surface area contributed by atoms with E-state index in [4.69, 9.17) is 9.26 Å². The van der Waals surface area contributed by atoms with Crippen molar-refractivity contribution in [3.8, 4) is 5.75 Å². The Morgan fingerprint density at radius 1 is 1.00 bits per heavy atom. The van der Waals surface area contributed by atoms with E-state index < -0.39 is 17.8 Å². The third-order valence-electron chi connectivity index (χ3n) is 4.13. The SMILES string of the molecule is COc1ccc(CN2C(=O)C(=O)N(Cc3c(C)noc3C)C2=O)cc1. The van der Waals surface area contributed by atoms with Crippen LogP contribution in [0, 0.1) is 13.8 Å². The Hall–Kier alpha value is -3.16. The number of rotatable bonds is 5. The molecule has 1 aromatic heterocycles. The van der Waals surface area contributed by atoms with Crippen LogP contribution >= 0.6 is 0 Å². The Morgan fingerprint density at radius 3 is 2.12 bits per heavy atom. The number of methoxy groups -OCH3 is 1. The topological polar surface area (TPSA) is 92.9 Å². The lowest BCUT2D eigenvalue weighted by Crippen LogP contribution is -2.33. The lowest BCUT2D eigenvalue weighted by Gasteiger charge is -2.15. The molecule has 1 aliphatic heterocycles. The van der Waals surface area contributed by atoms with Crippen molar-refractivity contribution in [2.45, 2.75) is 26.9 Å². The minimum absolute atomic E-state index is 0.0193. The molecule has 0 saturated carbocycles. The van der Waals surface area contributed by atoms with Gasteiger partial charge in [0, 0.05) is 5.56 Å². The fourth-order valence-corrected chi connectivity index (χ4v) is 2.63. The Balaban J connectivity index is 1.79. The number of nitrogens with zero attached hydrogens (tertiary/aromatic N) is 3. The maximum atomic E-state index is 12.5. The van der Waals surface area contributed by atoms with Crippen LogP contribution in [-0.4, -0.2) is 39.9 Å². The molecule has 0 unspecified atom stereocenters. The Bertz CT molecular complexity index is 821. The van der Waals surface area contributed by atoms with Crippen LogP contribution < -0.4 is 4.74 Å². The van der Waals surface area contributed by atoms with Crippen LogP contribution in [0.5, 0.6) is 5.75 Å². The molecule has 8 heteroatoms. The lowest BCUT2D eigenvalue weighted by atomic mass is 10.2. The number of imide groups is 2. The molecule has 0 bridgehead atoms. The monoisotopic (exact) mass is 343 g/mol.